The zero-order valence-corrected chi connectivity index (χ0v) is 11.4. The van der Waals surface area contributed by atoms with Gasteiger partial charge in [-0.15, -0.1) is 0 Å². The van der Waals surface area contributed by atoms with Gasteiger partial charge in [-0.1, -0.05) is 48.0 Å². The summed E-state index contributed by atoms with van der Waals surface area (Å²) < 4.78 is 0. The third-order valence-corrected chi connectivity index (χ3v) is 4.06. The fraction of sp³-hybridized carbons (Fsp3) is 0.278. The van der Waals surface area contributed by atoms with Gasteiger partial charge in [-0.05, 0) is 43.4 Å². The van der Waals surface area contributed by atoms with E-state index in [0.717, 1.165) is 18.4 Å². The minimum Gasteiger partial charge on any atom is -0.294 e. The van der Waals surface area contributed by atoms with Crippen molar-refractivity contribution in [2.75, 3.05) is 0 Å². The van der Waals surface area contributed by atoms with Crippen LogP contribution >= 0.6 is 0 Å². The summed E-state index contributed by atoms with van der Waals surface area (Å²) in [6.07, 6.45) is 1.75. The molecular weight excluding hydrogens is 232 g/mol. The van der Waals surface area contributed by atoms with Crippen LogP contribution in [0.2, 0.25) is 0 Å². The molecule has 1 unspecified atom stereocenters. The monoisotopic (exact) mass is 250 g/mol. The van der Waals surface area contributed by atoms with E-state index in [0.29, 0.717) is 5.78 Å². The third kappa shape index (κ3) is 2.21. The number of carbonyl (C=O) groups excluding carboxylic acids is 1. The molecule has 96 valence electrons. The molecule has 19 heavy (non-hydrogen) atoms. The minimum absolute atomic E-state index is 0.123. The van der Waals surface area contributed by atoms with Crippen LogP contribution in [-0.2, 0) is 12.8 Å². The Labute approximate surface area is 114 Å². The highest BCUT2D eigenvalue weighted by Crippen LogP contribution is 2.31. The van der Waals surface area contributed by atoms with E-state index in [-0.39, 0.29) is 5.92 Å². The molecule has 0 aliphatic heterocycles. The molecule has 1 heteroatoms. The van der Waals surface area contributed by atoms with Crippen molar-refractivity contribution in [1.82, 2.24) is 0 Å². The molecule has 2 aromatic carbocycles. The Kier molecular flexibility index (Phi) is 2.98. The summed E-state index contributed by atoms with van der Waals surface area (Å²) >= 11 is 0. The maximum Gasteiger partial charge on any atom is 0.166 e. The highest BCUT2D eigenvalue weighted by atomic mass is 16.1. The second-order valence-electron chi connectivity index (χ2n) is 5.56. The molecule has 0 fully saturated rings. The highest BCUT2D eigenvalue weighted by molar-refractivity contribution is 6.02. The van der Waals surface area contributed by atoms with Crippen LogP contribution < -0.4 is 0 Å². The second kappa shape index (κ2) is 4.65. The van der Waals surface area contributed by atoms with E-state index in [1.807, 2.05) is 12.1 Å². The Bertz CT molecular complexity index is 640. The predicted octanol–water partition coefficient (Wildman–Crippen LogP) is 3.90. The maximum atomic E-state index is 12.4. The van der Waals surface area contributed by atoms with E-state index in [4.69, 9.17) is 0 Å². The summed E-state index contributed by atoms with van der Waals surface area (Å²) in [5, 5.41) is 0. The zero-order chi connectivity index (χ0) is 13.4. The molecule has 1 atom stereocenters. The van der Waals surface area contributed by atoms with Gasteiger partial charge in [0.15, 0.2) is 5.78 Å². The van der Waals surface area contributed by atoms with Gasteiger partial charge in [0.1, 0.15) is 0 Å². The summed E-state index contributed by atoms with van der Waals surface area (Å²) in [6.45, 7) is 4.19. The number of hydrogen-bond acceptors (Lipinski definition) is 1. The number of fused-ring (bicyclic) bond motifs is 1. The number of rotatable bonds is 2. The predicted molar refractivity (Wildman–Crippen MR) is 77.6 cm³/mol. The molecule has 3 rings (SSSR count). The summed E-state index contributed by atoms with van der Waals surface area (Å²) in [5.74, 6) is 0.443. The Balaban J connectivity index is 1.86. The lowest BCUT2D eigenvalue weighted by molar-refractivity contribution is 0.0936. The molecule has 0 aromatic heterocycles. The SMILES string of the molecule is Cc1cccc(CC2Cc3c(C)cccc3C2=O)c1. The van der Waals surface area contributed by atoms with Crippen LogP contribution in [0.15, 0.2) is 42.5 Å². The molecule has 0 spiro atoms. The number of Topliss-reactive ketones (excluding diaryl/α,β-unsaturated/α-hetero) is 1. The van der Waals surface area contributed by atoms with Gasteiger partial charge in [-0.2, -0.15) is 0 Å². The average Bonchev–Trinajstić information content (AvgIpc) is 2.69. The van der Waals surface area contributed by atoms with Gasteiger partial charge < -0.3 is 0 Å². The molecule has 1 aliphatic carbocycles. The van der Waals surface area contributed by atoms with Crippen LogP contribution in [0.5, 0.6) is 0 Å². The molecule has 0 N–H and O–H groups in total. The molecule has 0 saturated carbocycles. The van der Waals surface area contributed by atoms with Gasteiger partial charge >= 0.3 is 0 Å². The van der Waals surface area contributed by atoms with Crippen molar-refractivity contribution in [3.63, 3.8) is 0 Å². The van der Waals surface area contributed by atoms with Gasteiger partial charge in [0.25, 0.3) is 0 Å². The van der Waals surface area contributed by atoms with E-state index in [2.05, 4.69) is 44.2 Å². The largest absolute Gasteiger partial charge is 0.294 e. The standard InChI is InChI=1S/C18H18O/c1-12-5-3-7-14(9-12)10-15-11-17-13(2)6-4-8-16(17)18(15)19/h3-9,15H,10-11H2,1-2H3. The second-order valence-corrected chi connectivity index (χ2v) is 5.56. The summed E-state index contributed by atoms with van der Waals surface area (Å²) in [4.78, 5) is 12.4. The molecule has 2 aromatic rings. The first-order chi connectivity index (χ1) is 9.15. The Morgan fingerprint density at radius 3 is 2.63 bits per heavy atom. The first-order valence-electron chi connectivity index (χ1n) is 6.83. The van der Waals surface area contributed by atoms with Crippen LogP contribution in [0.3, 0.4) is 0 Å². The lowest BCUT2D eigenvalue weighted by Crippen LogP contribution is -2.12. The summed E-state index contributed by atoms with van der Waals surface area (Å²) in [7, 11) is 0. The van der Waals surface area contributed by atoms with E-state index in [1.165, 1.54) is 22.3 Å². The lowest BCUT2D eigenvalue weighted by Gasteiger charge is -2.08. The van der Waals surface area contributed by atoms with Crippen LogP contribution in [0, 0.1) is 19.8 Å². The van der Waals surface area contributed by atoms with Crippen molar-refractivity contribution in [3.8, 4) is 0 Å². The van der Waals surface area contributed by atoms with Crippen molar-refractivity contribution in [3.05, 3.63) is 70.3 Å². The fourth-order valence-corrected chi connectivity index (χ4v) is 3.05. The molecule has 0 bridgehead atoms. The number of carbonyl (C=O) groups is 1. The van der Waals surface area contributed by atoms with Crippen LogP contribution in [0.1, 0.15) is 32.6 Å². The number of hydrogen-bond donors (Lipinski definition) is 0. The van der Waals surface area contributed by atoms with Crippen LogP contribution in [0.4, 0.5) is 0 Å². The van der Waals surface area contributed by atoms with Gasteiger partial charge in [0.05, 0.1) is 0 Å². The van der Waals surface area contributed by atoms with Gasteiger partial charge in [-0.3, -0.25) is 4.79 Å². The Morgan fingerprint density at radius 1 is 1.11 bits per heavy atom. The van der Waals surface area contributed by atoms with E-state index >= 15 is 0 Å². The molecule has 1 aliphatic rings. The van der Waals surface area contributed by atoms with Gasteiger partial charge in [-0.25, -0.2) is 0 Å². The Morgan fingerprint density at radius 2 is 1.89 bits per heavy atom. The van der Waals surface area contributed by atoms with Crippen molar-refractivity contribution in [1.29, 1.82) is 0 Å². The molecule has 1 nitrogen and oxygen atoms in total. The van der Waals surface area contributed by atoms with Gasteiger partial charge in [0.2, 0.25) is 0 Å². The summed E-state index contributed by atoms with van der Waals surface area (Å²) in [6, 6.07) is 14.5. The summed E-state index contributed by atoms with van der Waals surface area (Å²) in [5.41, 5.74) is 5.97. The molecule has 0 amide bonds. The fourth-order valence-electron chi connectivity index (χ4n) is 3.05. The molecule has 0 radical (unpaired) electrons. The highest BCUT2D eigenvalue weighted by Gasteiger charge is 2.31. The first kappa shape index (κ1) is 12.2. The zero-order valence-electron chi connectivity index (χ0n) is 11.4. The van der Waals surface area contributed by atoms with Crippen molar-refractivity contribution < 1.29 is 4.79 Å². The van der Waals surface area contributed by atoms with Crippen molar-refractivity contribution in [2.24, 2.45) is 5.92 Å². The normalized spacial score (nSPS) is 17.6. The van der Waals surface area contributed by atoms with Crippen LogP contribution in [0.25, 0.3) is 0 Å². The number of ketones is 1. The van der Waals surface area contributed by atoms with E-state index in [1.54, 1.807) is 0 Å². The average molecular weight is 250 g/mol. The van der Waals surface area contributed by atoms with Crippen molar-refractivity contribution >= 4 is 5.78 Å². The maximum absolute atomic E-state index is 12.4. The third-order valence-electron chi connectivity index (χ3n) is 4.06. The quantitative estimate of drug-likeness (QED) is 0.790. The van der Waals surface area contributed by atoms with E-state index in [9.17, 15) is 4.79 Å². The molecule has 0 saturated heterocycles. The lowest BCUT2D eigenvalue weighted by atomic mass is 9.95. The minimum atomic E-state index is 0.123. The smallest absolute Gasteiger partial charge is 0.166 e. The van der Waals surface area contributed by atoms with Crippen LogP contribution in [-0.4, -0.2) is 5.78 Å². The molecular formula is C18H18O. The van der Waals surface area contributed by atoms with Gasteiger partial charge in [0, 0.05) is 11.5 Å². The number of aryl methyl sites for hydroxylation is 2. The van der Waals surface area contributed by atoms with E-state index < -0.39 is 0 Å². The number of benzene rings is 2. The molecule has 0 heterocycles. The van der Waals surface area contributed by atoms with Crippen molar-refractivity contribution in [2.45, 2.75) is 26.7 Å². The Hall–Kier alpha value is -1.89. The topological polar surface area (TPSA) is 17.1 Å². The first-order valence-corrected chi connectivity index (χ1v) is 6.83.